The molecule has 1 aromatic heterocycles. The first-order valence-corrected chi connectivity index (χ1v) is 9.48. The molecular weight excluding hydrogens is 419 g/mol. The van der Waals surface area contributed by atoms with Crippen molar-refractivity contribution in [2.45, 2.75) is 19.0 Å². The van der Waals surface area contributed by atoms with Crippen molar-refractivity contribution in [1.29, 1.82) is 0 Å². The third-order valence-electron chi connectivity index (χ3n) is 4.65. The standard InChI is InChI=1S/C21H19ClF3N3O2/c1-28(20(30)9-6-13-11-26-18-5-3-2-4-15(13)18)12-19(29)27-14-7-8-17(22)16(10-14)21(23,24)25/h2-5,7-8,10-11,26H,6,9,12H2,1H3,(H,27,29). The number of hydrogen-bond donors (Lipinski definition) is 2. The number of hydrogen-bond acceptors (Lipinski definition) is 2. The number of amides is 2. The van der Waals surface area contributed by atoms with Crippen molar-refractivity contribution in [2.75, 3.05) is 18.9 Å². The molecular formula is C21H19ClF3N3O2. The zero-order chi connectivity index (χ0) is 21.9. The monoisotopic (exact) mass is 437 g/mol. The lowest BCUT2D eigenvalue weighted by Gasteiger charge is -2.17. The molecule has 0 bridgehead atoms. The Morgan fingerprint density at radius 2 is 1.90 bits per heavy atom. The van der Waals surface area contributed by atoms with Gasteiger partial charge in [0.15, 0.2) is 0 Å². The number of para-hydroxylation sites is 1. The largest absolute Gasteiger partial charge is 0.417 e. The van der Waals surface area contributed by atoms with Gasteiger partial charge in [0.2, 0.25) is 11.8 Å². The first-order valence-electron chi connectivity index (χ1n) is 9.10. The molecule has 2 aromatic carbocycles. The second-order valence-corrected chi connectivity index (χ2v) is 7.26. The van der Waals surface area contributed by atoms with E-state index in [2.05, 4.69) is 10.3 Å². The Labute approximate surface area is 175 Å². The van der Waals surface area contributed by atoms with Gasteiger partial charge in [-0.05, 0) is 36.2 Å². The molecule has 3 aromatic rings. The quantitative estimate of drug-likeness (QED) is 0.578. The van der Waals surface area contributed by atoms with Gasteiger partial charge < -0.3 is 15.2 Å². The van der Waals surface area contributed by atoms with Crippen molar-refractivity contribution in [3.63, 3.8) is 0 Å². The van der Waals surface area contributed by atoms with Crippen LogP contribution in [-0.2, 0) is 22.2 Å². The summed E-state index contributed by atoms with van der Waals surface area (Å²) in [5.74, 6) is -0.851. The number of rotatable bonds is 6. The van der Waals surface area contributed by atoms with Crippen molar-refractivity contribution in [1.82, 2.24) is 9.88 Å². The maximum Gasteiger partial charge on any atom is 0.417 e. The number of alkyl halides is 3. The highest BCUT2D eigenvalue weighted by atomic mass is 35.5. The molecule has 2 amide bonds. The zero-order valence-corrected chi connectivity index (χ0v) is 16.8. The van der Waals surface area contributed by atoms with Crippen LogP contribution in [-0.4, -0.2) is 35.3 Å². The van der Waals surface area contributed by atoms with Gasteiger partial charge in [0.25, 0.3) is 0 Å². The van der Waals surface area contributed by atoms with Crippen LogP contribution in [0.5, 0.6) is 0 Å². The number of likely N-dealkylation sites (N-methyl/N-ethyl adjacent to an activating group) is 1. The van der Waals surface area contributed by atoms with Crippen LogP contribution in [0.15, 0.2) is 48.7 Å². The molecule has 0 radical (unpaired) electrons. The predicted octanol–water partition coefficient (Wildman–Crippen LogP) is 4.87. The van der Waals surface area contributed by atoms with Crippen molar-refractivity contribution < 1.29 is 22.8 Å². The Morgan fingerprint density at radius 3 is 2.63 bits per heavy atom. The van der Waals surface area contributed by atoms with Gasteiger partial charge in [-0.2, -0.15) is 13.2 Å². The van der Waals surface area contributed by atoms with Crippen LogP contribution in [0, 0.1) is 0 Å². The number of aryl methyl sites for hydroxylation is 1. The fourth-order valence-corrected chi connectivity index (χ4v) is 3.32. The molecule has 0 aliphatic heterocycles. The Balaban J connectivity index is 1.55. The molecule has 30 heavy (non-hydrogen) atoms. The maximum absolute atomic E-state index is 12.9. The van der Waals surface area contributed by atoms with Crippen LogP contribution in [0.1, 0.15) is 17.5 Å². The van der Waals surface area contributed by atoms with E-state index in [0.717, 1.165) is 28.6 Å². The third kappa shape index (κ3) is 5.13. The van der Waals surface area contributed by atoms with Gasteiger partial charge in [-0.3, -0.25) is 9.59 Å². The van der Waals surface area contributed by atoms with Crippen molar-refractivity contribution in [2.24, 2.45) is 0 Å². The normalized spacial score (nSPS) is 11.5. The highest BCUT2D eigenvalue weighted by Crippen LogP contribution is 2.36. The van der Waals surface area contributed by atoms with E-state index >= 15 is 0 Å². The highest BCUT2D eigenvalue weighted by molar-refractivity contribution is 6.31. The summed E-state index contributed by atoms with van der Waals surface area (Å²) in [4.78, 5) is 28.9. The van der Waals surface area contributed by atoms with Gasteiger partial charge in [-0.25, -0.2) is 0 Å². The number of benzene rings is 2. The van der Waals surface area contributed by atoms with E-state index in [1.165, 1.54) is 18.0 Å². The van der Waals surface area contributed by atoms with E-state index in [0.29, 0.717) is 6.42 Å². The summed E-state index contributed by atoms with van der Waals surface area (Å²) in [6.45, 7) is -0.281. The zero-order valence-electron chi connectivity index (χ0n) is 16.0. The van der Waals surface area contributed by atoms with Gasteiger partial charge in [0.05, 0.1) is 17.1 Å². The lowest BCUT2D eigenvalue weighted by Crippen LogP contribution is -2.35. The number of aromatic nitrogens is 1. The van der Waals surface area contributed by atoms with E-state index < -0.39 is 22.7 Å². The lowest BCUT2D eigenvalue weighted by atomic mass is 10.1. The molecule has 2 N–H and O–H groups in total. The third-order valence-corrected chi connectivity index (χ3v) is 4.97. The molecule has 0 unspecified atom stereocenters. The molecule has 0 atom stereocenters. The summed E-state index contributed by atoms with van der Waals surface area (Å²) < 4.78 is 38.8. The number of H-pyrrole nitrogens is 1. The maximum atomic E-state index is 12.9. The summed E-state index contributed by atoms with van der Waals surface area (Å²) in [6.07, 6.45) is -2.08. The molecule has 158 valence electrons. The average molecular weight is 438 g/mol. The summed E-state index contributed by atoms with van der Waals surface area (Å²) in [7, 11) is 1.47. The number of nitrogens with one attached hydrogen (secondary N) is 2. The van der Waals surface area contributed by atoms with Crippen molar-refractivity contribution in [3.05, 3.63) is 64.8 Å². The number of halogens is 4. The Morgan fingerprint density at radius 1 is 1.17 bits per heavy atom. The van der Waals surface area contributed by atoms with Gasteiger partial charge in [0, 0.05) is 36.3 Å². The summed E-state index contributed by atoms with van der Waals surface area (Å²) >= 11 is 5.57. The topological polar surface area (TPSA) is 65.2 Å². The molecule has 1 heterocycles. The number of carbonyl (C=O) groups is 2. The molecule has 0 aliphatic carbocycles. The molecule has 5 nitrogen and oxygen atoms in total. The lowest BCUT2D eigenvalue weighted by molar-refractivity contribution is -0.137. The number of fused-ring (bicyclic) bond motifs is 1. The van der Waals surface area contributed by atoms with E-state index in [1.807, 2.05) is 30.5 Å². The summed E-state index contributed by atoms with van der Waals surface area (Å²) in [5.41, 5.74) is 0.896. The average Bonchev–Trinajstić information content (AvgIpc) is 3.09. The predicted molar refractivity (Wildman–Crippen MR) is 109 cm³/mol. The fourth-order valence-electron chi connectivity index (χ4n) is 3.10. The SMILES string of the molecule is CN(CC(=O)Nc1ccc(Cl)c(C(F)(F)F)c1)C(=O)CCc1c[nH]c2ccccc12. The van der Waals surface area contributed by atoms with Crippen LogP contribution < -0.4 is 5.32 Å². The number of nitrogens with zero attached hydrogens (tertiary/aromatic N) is 1. The molecule has 0 saturated carbocycles. The van der Waals surface area contributed by atoms with E-state index in [9.17, 15) is 22.8 Å². The fraction of sp³-hybridized carbons (Fsp3) is 0.238. The van der Waals surface area contributed by atoms with Crippen LogP contribution in [0.2, 0.25) is 5.02 Å². The molecule has 0 fully saturated rings. The molecule has 0 aliphatic rings. The Hall–Kier alpha value is -3.00. The van der Waals surface area contributed by atoms with Gasteiger partial charge in [0.1, 0.15) is 0 Å². The summed E-state index contributed by atoms with van der Waals surface area (Å²) in [6, 6.07) is 10.8. The molecule has 9 heteroatoms. The van der Waals surface area contributed by atoms with Crippen LogP contribution in [0.25, 0.3) is 10.9 Å². The number of aromatic amines is 1. The van der Waals surface area contributed by atoms with Gasteiger partial charge in [-0.1, -0.05) is 29.8 Å². The van der Waals surface area contributed by atoms with E-state index in [-0.39, 0.29) is 24.6 Å². The molecule has 0 saturated heterocycles. The van der Waals surface area contributed by atoms with Crippen LogP contribution in [0.3, 0.4) is 0 Å². The first-order chi connectivity index (χ1) is 14.1. The summed E-state index contributed by atoms with van der Waals surface area (Å²) in [5, 5.41) is 2.95. The minimum Gasteiger partial charge on any atom is -0.361 e. The number of carbonyl (C=O) groups excluding carboxylic acids is 2. The Kier molecular flexibility index (Phi) is 6.36. The van der Waals surface area contributed by atoms with Crippen LogP contribution >= 0.6 is 11.6 Å². The first kappa shape index (κ1) is 21.7. The van der Waals surface area contributed by atoms with Crippen molar-refractivity contribution in [3.8, 4) is 0 Å². The van der Waals surface area contributed by atoms with Gasteiger partial charge in [-0.15, -0.1) is 0 Å². The smallest absolute Gasteiger partial charge is 0.361 e. The minimum absolute atomic E-state index is 0.0450. The second-order valence-electron chi connectivity index (χ2n) is 6.85. The second kappa shape index (κ2) is 8.79. The Bertz CT molecular complexity index is 1080. The van der Waals surface area contributed by atoms with E-state index in [1.54, 1.807) is 0 Å². The van der Waals surface area contributed by atoms with E-state index in [4.69, 9.17) is 11.6 Å². The molecule has 3 rings (SSSR count). The van der Waals surface area contributed by atoms with Gasteiger partial charge >= 0.3 is 6.18 Å². The minimum atomic E-state index is -4.63. The highest BCUT2D eigenvalue weighted by Gasteiger charge is 2.33. The molecule has 0 spiro atoms. The number of anilines is 1. The van der Waals surface area contributed by atoms with Crippen LogP contribution in [0.4, 0.5) is 18.9 Å². The van der Waals surface area contributed by atoms with Crippen molar-refractivity contribution >= 4 is 40.0 Å².